The van der Waals surface area contributed by atoms with Crippen LogP contribution in [-0.2, 0) is 6.54 Å². The predicted molar refractivity (Wildman–Crippen MR) is 73.5 cm³/mol. The number of carbonyl (C=O) groups is 1. The molecular weight excluding hydrogens is 226 g/mol. The van der Waals surface area contributed by atoms with Crippen LogP contribution >= 0.6 is 0 Å². The first kappa shape index (κ1) is 14.9. The molecule has 2 N–H and O–H groups in total. The lowest BCUT2D eigenvalue weighted by Gasteiger charge is -2.12. The zero-order valence-corrected chi connectivity index (χ0v) is 11.7. The van der Waals surface area contributed by atoms with E-state index in [1.165, 1.54) is 0 Å². The van der Waals surface area contributed by atoms with Gasteiger partial charge in [0, 0.05) is 30.9 Å². The van der Waals surface area contributed by atoms with E-state index in [0.717, 1.165) is 32.2 Å². The van der Waals surface area contributed by atoms with Crippen molar-refractivity contribution in [2.45, 2.75) is 59.0 Å². The van der Waals surface area contributed by atoms with Gasteiger partial charge < -0.3 is 10.3 Å². The van der Waals surface area contributed by atoms with Gasteiger partial charge in [-0.2, -0.15) is 0 Å². The number of nitrogens with two attached hydrogens (primary N) is 1. The van der Waals surface area contributed by atoms with Crippen molar-refractivity contribution < 1.29 is 4.79 Å². The van der Waals surface area contributed by atoms with Crippen molar-refractivity contribution in [1.29, 1.82) is 0 Å². The van der Waals surface area contributed by atoms with E-state index < -0.39 is 0 Å². The van der Waals surface area contributed by atoms with Crippen LogP contribution in [0.15, 0.2) is 12.4 Å². The molecule has 0 aromatic carbocycles. The van der Waals surface area contributed by atoms with E-state index >= 15 is 0 Å². The first-order chi connectivity index (χ1) is 8.56. The highest BCUT2D eigenvalue weighted by Crippen LogP contribution is 2.15. The summed E-state index contributed by atoms with van der Waals surface area (Å²) in [5.74, 6) is 0.782. The summed E-state index contributed by atoms with van der Waals surface area (Å²) in [6, 6.07) is 0.217. The monoisotopic (exact) mass is 251 g/mol. The van der Waals surface area contributed by atoms with Crippen molar-refractivity contribution in [2.24, 2.45) is 11.7 Å². The molecule has 0 aliphatic heterocycles. The Bertz CT molecular complexity index is 371. The number of nitrogens with zero attached hydrogens (tertiary/aromatic N) is 2. The minimum atomic E-state index is 0.0294. The number of carbonyl (C=O) groups excluding carboxylic acids is 1. The molecule has 1 heterocycles. The Kier molecular flexibility index (Phi) is 6.05. The van der Waals surface area contributed by atoms with Crippen LogP contribution in [0.25, 0.3) is 0 Å². The van der Waals surface area contributed by atoms with E-state index in [2.05, 4.69) is 11.9 Å². The second-order valence-electron chi connectivity index (χ2n) is 5.12. The summed E-state index contributed by atoms with van der Waals surface area (Å²) in [6.07, 6.45) is 7.46. The summed E-state index contributed by atoms with van der Waals surface area (Å²) in [7, 11) is 0. The molecule has 0 aliphatic carbocycles. The van der Waals surface area contributed by atoms with Crippen molar-refractivity contribution in [3.05, 3.63) is 18.2 Å². The van der Waals surface area contributed by atoms with Crippen LogP contribution in [0.5, 0.6) is 0 Å². The smallest absolute Gasteiger partial charge is 0.201 e. The summed E-state index contributed by atoms with van der Waals surface area (Å²) >= 11 is 0. The zero-order chi connectivity index (χ0) is 13.5. The third-order valence-electron chi connectivity index (χ3n) is 3.14. The molecule has 1 rings (SSSR count). The van der Waals surface area contributed by atoms with Gasteiger partial charge in [-0.1, -0.05) is 20.3 Å². The maximum Gasteiger partial charge on any atom is 0.201 e. The molecule has 2 unspecified atom stereocenters. The molecule has 0 bridgehead atoms. The Balaban J connectivity index is 2.54. The molecule has 0 fully saturated rings. The number of aromatic nitrogens is 2. The maximum absolute atomic E-state index is 12.3. The third-order valence-corrected chi connectivity index (χ3v) is 3.14. The topological polar surface area (TPSA) is 60.9 Å². The van der Waals surface area contributed by atoms with E-state index in [-0.39, 0.29) is 17.7 Å². The number of hydrogen-bond acceptors (Lipinski definition) is 3. The minimum absolute atomic E-state index is 0.0294. The van der Waals surface area contributed by atoms with Crippen molar-refractivity contribution in [1.82, 2.24) is 9.55 Å². The van der Waals surface area contributed by atoms with Gasteiger partial charge in [-0.15, -0.1) is 0 Å². The highest BCUT2D eigenvalue weighted by Gasteiger charge is 2.19. The summed E-state index contributed by atoms with van der Waals surface area (Å²) in [5, 5.41) is 0. The maximum atomic E-state index is 12.3. The van der Waals surface area contributed by atoms with Crippen molar-refractivity contribution in [3.63, 3.8) is 0 Å². The lowest BCUT2D eigenvalue weighted by atomic mass is 9.97. The number of Topliss-reactive ketones (excluding diaryl/α,β-unsaturated/α-hetero) is 1. The average Bonchev–Trinajstić information content (AvgIpc) is 2.76. The van der Waals surface area contributed by atoms with Crippen LogP contribution in [0.3, 0.4) is 0 Å². The van der Waals surface area contributed by atoms with Gasteiger partial charge in [0.1, 0.15) is 0 Å². The average molecular weight is 251 g/mol. The van der Waals surface area contributed by atoms with E-state index in [4.69, 9.17) is 5.73 Å². The quantitative estimate of drug-likeness (QED) is 0.722. The molecule has 4 heteroatoms. The van der Waals surface area contributed by atoms with Crippen molar-refractivity contribution in [2.75, 3.05) is 0 Å². The summed E-state index contributed by atoms with van der Waals surface area (Å²) in [4.78, 5) is 16.5. The lowest BCUT2D eigenvalue weighted by molar-refractivity contribution is 0.0907. The first-order valence-corrected chi connectivity index (χ1v) is 6.87. The molecule has 18 heavy (non-hydrogen) atoms. The Hall–Kier alpha value is -1.16. The van der Waals surface area contributed by atoms with E-state index in [1.807, 2.05) is 24.6 Å². The fourth-order valence-electron chi connectivity index (χ4n) is 2.05. The molecule has 102 valence electrons. The standard InChI is InChI=1S/C14H25N3O/c1-4-9-17-10-8-16-14(17)13(18)11(2)6-5-7-12(3)15/h8,10-12H,4-7,9,15H2,1-3H3. The van der Waals surface area contributed by atoms with Gasteiger partial charge in [-0.25, -0.2) is 4.98 Å². The van der Waals surface area contributed by atoms with E-state index in [9.17, 15) is 4.79 Å². The van der Waals surface area contributed by atoms with Crippen LogP contribution in [0.4, 0.5) is 0 Å². The fourth-order valence-corrected chi connectivity index (χ4v) is 2.05. The second kappa shape index (κ2) is 7.31. The molecule has 0 saturated carbocycles. The molecule has 4 nitrogen and oxygen atoms in total. The Morgan fingerprint density at radius 1 is 1.44 bits per heavy atom. The fraction of sp³-hybridized carbons (Fsp3) is 0.714. The van der Waals surface area contributed by atoms with Gasteiger partial charge >= 0.3 is 0 Å². The number of rotatable bonds is 8. The minimum Gasteiger partial charge on any atom is -0.329 e. The molecule has 2 atom stereocenters. The SMILES string of the molecule is CCCn1ccnc1C(=O)C(C)CCCC(C)N. The van der Waals surface area contributed by atoms with Crippen LogP contribution in [0.1, 0.15) is 57.1 Å². The molecule has 0 spiro atoms. The van der Waals surface area contributed by atoms with Crippen LogP contribution in [0, 0.1) is 5.92 Å². The number of hydrogen-bond donors (Lipinski definition) is 1. The molecule has 0 aliphatic rings. The lowest BCUT2D eigenvalue weighted by Crippen LogP contribution is -2.19. The Morgan fingerprint density at radius 2 is 2.17 bits per heavy atom. The van der Waals surface area contributed by atoms with Gasteiger partial charge in [0.05, 0.1) is 0 Å². The molecule has 0 amide bonds. The molecule has 0 radical (unpaired) electrons. The third kappa shape index (κ3) is 4.26. The zero-order valence-electron chi connectivity index (χ0n) is 11.7. The normalized spacial score (nSPS) is 14.4. The van der Waals surface area contributed by atoms with Crippen LogP contribution in [-0.4, -0.2) is 21.4 Å². The summed E-state index contributed by atoms with van der Waals surface area (Å²) in [5.41, 5.74) is 5.71. The second-order valence-corrected chi connectivity index (χ2v) is 5.12. The van der Waals surface area contributed by atoms with Crippen LogP contribution < -0.4 is 5.73 Å². The van der Waals surface area contributed by atoms with E-state index in [0.29, 0.717) is 5.82 Å². The Morgan fingerprint density at radius 3 is 2.78 bits per heavy atom. The first-order valence-electron chi connectivity index (χ1n) is 6.87. The largest absolute Gasteiger partial charge is 0.329 e. The molecular formula is C14H25N3O. The summed E-state index contributed by atoms with van der Waals surface area (Å²) in [6.45, 7) is 6.93. The predicted octanol–water partition coefficient (Wildman–Crippen LogP) is 2.63. The Labute approximate surface area is 110 Å². The van der Waals surface area contributed by atoms with Crippen LogP contribution in [0.2, 0.25) is 0 Å². The highest BCUT2D eigenvalue weighted by atomic mass is 16.1. The van der Waals surface area contributed by atoms with Crippen molar-refractivity contribution >= 4 is 5.78 Å². The molecule has 0 saturated heterocycles. The van der Waals surface area contributed by atoms with Gasteiger partial charge in [-0.3, -0.25) is 4.79 Å². The van der Waals surface area contributed by atoms with Gasteiger partial charge in [0.15, 0.2) is 5.82 Å². The molecule has 1 aromatic rings. The van der Waals surface area contributed by atoms with Gasteiger partial charge in [0.25, 0.3) is 0 Å². The highest BCUT2D eigenvalue weighted by molar-refractivity contribution is 5.94. The summed E-state index contributed by atoms with van der Waals surface area (Å²) < 4.78 is 1.95. The number of imidazole rings is 1. The van der Waals surface area contributed by atoms with Crippen molar-refractivity contribution in [3.8, 4) is 0 Å². The van der Waals surface area contributed by atoms with E-state index in [1.54, 1.807) is 6.20 Å². The van der Waals surface area contributed by atoms with Gasteiger partial charge in [-0.05, 0) is 26.2 Å². The van der Waals surface area contributed by atoms with Gasteiger partial charge in [0.2, 0.25) is 5.78 Å². The number of aryl methyl sites for hydroxylation is 1. The molecule has 1 aromatic heterocycles. The number of ketones is 1.